The molecular formula is C19H20N4O3S. The summed E-state index contributed by atoms with van der Waals surface area (Å²) in [6.45, 7) is 5.02. The van der Waals surface area contributed by atoms with Gasteiger partial charge in [0.25, 0.3) is 11.5 Å². The second-order valence-electron chi connectivity index (χ2n) is 5.92. The van der Waals surface area contributed by atoms with Crippen LogP contribution in [0.5, 0.6) is 0 Å². The van der Waals surface area contributed by atoms with Gasteiger partial charge >= 0.3 is 0 Å². The van der Waals surface area contributed by atoms with Gasteiger partial charge in [-0.25, -0.2) is 4.98 Å². The van der Waals surface area contributed by atoms with Crippen molar-refractivity contribution in [2.45, 2.75) is 20.4 Å². The predicted octanol–water partition coefficient (Wildman–Crippen LogP) is 2.58. The Balaban J connectivity index is 1.68. The van der Waals surface area contributed by atoms with Crippen LogP contribution in [-0.4, -0.2) is 39.4 Å². The number of hydrogen-bond donors (Lipinski definition) is 1. The van der Waals surface area contributed by atoms with E-state index in [1.807, 2.05) is 13.8 Å². The molecule has 0 fully saturated rings. The molecule has 0 atom stereocenters. The first-order valence-electron chi connectivity index (χ1n) is 8.65. The van der Waals surface area contributed by atoms with E-state index in [0.29, 0.717) is 34.6 Å². The Hall–Kier alpha value is -3.00. The lowest BCUT2D eigenvalue weighted by atomic mass is 10.1. The molecule has 8 heteroatoms. The van der Waals surface area contributed by atoms with Gasteiger partial charge in [-0.2, -0.15) is 0 Å². The maximum absolute atomic E-state index is 12.3. The summed E-state index contributed by atoms with van der Waals surface area (Å²) < 4.78 is 1.28. The van der Waals surface area contributed by atoms with Crippen LogP contribution >= 0.6 is 11.3 Å². The van der Waals surface area contributed by atoms with Crippen molar-refractivity contribution in [1.29, 1.82) is 0 Å². The van der Waals surface area contributed by atoms with Crippen molar-refractivity contribution >= 4 is 39.1 Å². The van der Waals surface area contributed by atoms with Crippen LogP contribution in [0.15, 0.2) is 46.8 Å². The second kappa shape index (κ2) is 8.13. The van der Waals surface area contributed by atoms with Gasteiger partial charge in [0.2, 0.25) is 5.91 Å². The van der Waals surface area contributed by atoms with E-state index >= 15 is 0 Å². The van der Waals surface area contributed by atoms with E-state index in [-0.39, 0.29) is 23.9 Å². The van der Waals surface area contributed by atoms with Gasteiger partial charge in [0.15, 0.2) is 0 Å². The van der Waals surface area contributed by atoms with Crippen LogP contribution in [0.25, 0.3) is 10.2 Å². The number of thiophene rings is 1. The predicted molar refractivity (Wildman–Crippen MR) is 106 cm³/mol. The molecule has 0 aliphatic rings. The highest BCUT2D eigenvalue weighted by molar-refractivity contribution is 7.16. The van der Waals surface area contributed by atoms with Gasteiger partial charge in [-0.05, 0) is 49.6 Å². The summed E-state index contributed by atoms with van der Waals surface area (Å²) in [5.41, 5.74) is 0.894. The molecule has 2 heterocycles. The molecule has 1 aromatic carbocycles. The molecule has 140 valence electrons. The van der Waals surface area contributed by atoms with E-state index in [4.69, 9.17) is 0 Å². The molecule has 0 aliphatic carbocycles. The zero-order valence-electron chi connectivity index (χ0n) is 15.1. The summed E-state index contributed by atoms with van der Waals surface area (Å²) in [4.78, 5) is 43.5. The average Bonchev–Trinajstić information content (AvgIpc) is 3.15. The van der Waals surface area contributed by atoms with E-state index in [9.17, 15) is 14.4 Å². The van der Waals surface area contributed by atoms with Gasteiger partial charge in [-0.1, -0.05) is 0 Å². The minimum absolute atomic E-state index is 0.0421. The molecular weight excluding hydrogens is 364 g/mol. The number of amides is 2. The van der Waals surface area contributed by atoms with E-state index in [0.717, 1.165) is 0 Å². The lowest BCUT2D eigenvalue weighted by Gasteiger charge is -2.18. The standard InChI is InChI=1S/C19H20N4O3S/c1-3-22(4-2)18(25)13-5-7-14(8-6-13)21-16(24)11-23-12-20-17-15(19(23)26)9-10-27-17/h5-10,12H,3-4,11H2,1-2H3,(H,21,24). The lowest BCUT2D eigenvalue weighted by molar-refractivity contribution is -0.116. The summed E-state index contributed by atoms with van der Waals surface area (Å²) in [6, 6.07) is 8.42. The third-order valence-electron chi connectivity index (χ3n) is 4.23. The number of aromatic nitrogens is 2. The third kappa shape index (κ3) is 4.06. The van der Waals surface area contributed by atoms with Crippen LogP contribution in [-0.2, 0) is 11.3 Å². The summed E-state index contributed by atoms with van der Waals surface area (Å²) in [5, 5.41) is 5.04. The zero-order chi connectivity index (χ0) is 19.4. The quantitative estimate of drug-likeness (QED) is 0.708. The number of rotatable bonds is 6. The molecule has 0 bridgehead atoms. The average molecular weight is 384 g/mol. The Morgan fingerprint density at radius 3 is 2.52 bits per heavy atom. The highest BCUT2D eigenvalue weighted by Gasteiger charge is 2.13. The Bertz CT molecular complexity index is 1020. The number of nitrogens with zero attached hydrogens (tertiary/aromatic N) is 3. The molecule has 3 aromatic rings. The van der Waals surface area contributed by atoms with Gasteiger partial charge in [0.05, 0.1) is 11.7 Å². The Labute approximate surface area is 160 Å². The van der Waals surface area contributed by atoms with Crippen molar-refractivity contribution in [3.63, 3.8) is 0 Å². The highest BCUT2D eigenvalue weighted by atomic mass is 32.1. The minimum Gasteiger partial charge on any atom is -0.339 e. The number of hydrogen-bond acceptors (Lipinski definition) is 5. The first-order valence-corrected chi connectivity index (χ1v) is 9.53. The minimum atomic E-state index is -0.337. The monoisotopic (exact) mass is 384 g/mol. The van der Waals surface area contributed by atoms with Crippen LogP contribution < -0.4 is 10.9 Å². The van der Waals surface area contributed by atoms with Gasteiger partial charge in [0.1, 0.15) is 11.4 Å². The Morgan fingerprint density at radius 2 is 1.85 bits per heavy atom. The van der Waals surface area contributed by atoms with Gasteiger partial charge in [-0.3, -0.25) is 19.0 Å². The number of carbonyl (C=O) groups excluding carboxylic acids is 2. The van der Waals surface area contributed by atoms with E-state index < -0.39 is 0 Å². The molecule has 0 radical (unpaired) electrons. The van der Waals surface area contributed by atoms with Crippen LogP contribution in [0.4, 0.5) is 5.69 Å². The lowest BCUT2D eigenvalue weighted by Crippen LogP contribution is -2.30. The van der Waals surface area contributed by atoms with E-state index in [2.05, 4.69) is 10.3 Å². The molecule has 2 amide bonds. The van der Waals surface area contributed by atoms with Crippen LogP contribution in [0.1, 0.15) is 24.2 Å². The number of fused-ring (bicyclic) bond motifs is 1. The number of nitrogens with one attached hydrogen (secondary N) is 1. The normalized spacial score (nSPS) is 10.7. The van der Waals surface area contributed by atoms with Crippen molar-refractivity contribution in [1.82, 2.24) is 14.5 Å². The fourth-order valence-electron chi connectivity index (χ4n) is 2.75. The van der Waals surface area contributed by atoms with E-state index in [1.165, 1.54) is 22.2 Å². The van der Waals surface area contributed by atoms with Crippen molar-refractivity contribution in [3.05, 3.63) is 58.0 Å². The zero-order valence-corrected chi connectivity index (χ0v) is 16.0. The summed E-state index contributed by atoms with van der Waals surface area (Å²) in [5.74, 6) is -0.379. The Morgan fingerprint density at radius 1 is 1.15 bits per heavy atom. The molecule has 3 rings (SSSR count). The van der Waals surface area contributed by atoms with Crippen LogP contribution in [0.2, 0.25) is 0 Å². The van der Waals surface area contributed by atoms with Crippen molar-refractivity contribution in [3.8, 4) is 0 Å². The molecule has 0 aliphatic heterocycles. The molecule has 0 spiro atoms. The Kier molecular flexibility index (Phi) is 5.66. The fourth-order valence-corrected chi connectivity index (χ4v) is 3.47. The number of benzene rings is 1. The molecule has 0 unspecified atom stereocenters. The van der Waals surface area contributed by atoms with Crippen LogP contribution in [0.3, 0.4) is 0 Å². The molecule has 2 aromatic heterocycles. The SMILES string of the molecule is CCN(CC)C(=O)c1ccc(NC(=O)Cn2cnc3sccc3c2=O)cc1. The molecule has 27 heavy (non-hydrogen) atoms. The molecule has 0 saturated carbocycles. The van der Waals surface area contributed by atoms with Gasteiger partial charge in [0, 0.05) is 24.3 Å². The number of carbonyl (C=O) groups is 2. The third-order valence-corrected chi connectivity index (χ3v) is 5.05. The van der Waals surface area contributed by atoms with Crippen molar-refractivity contribution in [2.75, 3.05) is 18.4 Å². The molecule has 1 N–H and O–H groups in total. The summed E-state index contributed by atoms with van der Waals surface area (Å²) in [7, 11) is 0. The second-order valence-corrected chi connectivity index (χ2v) is 6.81. The first-order chi connectivity index (χ1) is 13.0. The van der Waals surface area contributed by atoms with Gasteiger partial charge < -0.3 is 10.2 Å². The van der Waals surface area contributed by atoms with Gasteiger partial charge in [-0.15, -0.1) is 11.3 Å². The van der Waals surface area contributed by atoms with Crippen molar-refractivity contribution < 1.29 is 9.59 Å². The first kappa shape index (κ1) is 18.8. The molecule has 7 nitrogen and oxygen atoms in total. The smallest absolute Gasteiger partial charge is 0.262 e. The van der Waals surface area contributed by atoms with Crippen molar-refractivity contribution in [2.24, 2.45) is 0 Å². The largest absolute Gasteiger partial charge is 0.339 e. The fraction of sp³-hybridized carbons (Fsp3) is 0.263. The molecule has 0 saturated heterocycles. The maximum atomic E-state index is 12.3. The van der Waals surface area contributed by atoms with Crippen LogP contribution in [0, 0.1) is 0 Å². The maximum Gasteiger partial charge on any atom is 0.262 e. The summed E-state index contributed by atoms with van der Waals surface area (Å²) >= 11 is 1.38. The topological polar surface area (TPSA) is 84.3 Å². The highest BCUT2D eigenvalue weighted by Crippen LogP contribution is 2.14. The van der Waals surface area contributed by atoms with E-state index in [1.54, 1.807) is 40.6 Å². The number of anilines is 1. The summed E-state index contributed by atoms with van der Waals surface area (Å²) in [6.07, 6.45) is 1.38.